The van der Waals surface area contributed by atoms with E-state index in [1.165, 1.54) is 11.9 Å². The van der Waals surface area contributed by atoms with Gasteiger partial charge < -0.3 is 30.1 Å². The van der Waals surface area contributed by atoms with Crippen molar-refractivity contribution in [2.45, 2.75) is 18.9 Å². The van der Waals surface area contributed by atoms with Gasteiger partial charge in [0.25, 0.3) is 0 Å². The Bertz CT molecular complexity index is 970. The molecule has 0 radical (unpaired) electrons. The van der Waals surface area contributed by atoms with E-state index in [2.05, 4.69) is 26.6 Å². The number of nitrogens with zero attached hydrogens (tertiary/aromatic N) is 1. The Labute approximate surface area is 201 Å². The third-order valence-electron chi connectivity index (χ3n) is 4.91. The summed E-state index contributed by atoms with van der Waals surface area (Å²) in [4.78, 5) is 37.5. The lowest BCUT2D eigenvalue weighted by Gasteiger charge is -2.23. The molecule has 0 saturated carbocycles. The minimum absolute atomic E-state index is 0.184. The fourth-order valence-corrected chi connectivity index (χ4v) is 3.75. The number of carboxylic acid groups (broad SMARTS) is 1. The van der Waals surface area contributed by atoms with E-state index in [0.29, 0.717) is 24.5 Å². The Kier molecular flexibility index (Phi) is 9.99. The molecule has 9 nitrogen and oxygen atoms in total. The molecule has 33 heavy (non-hydrogen) atoms. The molecule has 0 heterocycles. The number of hydrogen-bond donors (Lipinski definition) is 3. The van der Waals surface area contributed by atoms with Crippen molar-refractivity contribution in [1.82, 2.24) is 15.5 Å². The van der Waals surface area contributed by atoms with Gasteiger partial charge in [-0.15, -0.1) is 0 Å². The lowest BCUT2D eigenvalue weighted by atomic mass is 10.1. The Morgan fingerprint density at radius 2 is 1.76 bits per heavy atom. The van der Waals surface area contributed by atoms with Crippen molar-refractivity contribution >= 4 is 33.8 Å². The van der Waals surface area contributed by atoms with Crippen molar-refractivity contribution in [1.29, 1.82) is 0 Å². The number of rotatable bonds is 11. The van der Waals surface area contributed by atoms with Crippen molar-refractivity contribution in [3.05, 3.63) is 58.1 Å². The fraction of sp³-hybridized carbons (Fsp3) is 0.348. The van der Waals surface area contributed by atoms with Crippen LogP contribution >= 0.6 is 15.9 Å². The zero-order valence-electron chi connectivity index (χ0n) is 18.8. The highest BCUT2D eigenvalue weighted by Crippen LogP contribution is 2.32. The highest BCUT2D eigenvalue weighted by atomic mass is 79.9. The molecule has 0 aliphatic carbocycles. The molecule has 0 aromatic heterocycles. The van der Waals surface area contributed by atoms with Crippen LogP contribution in [0.4, 0.5) is 4.79 Å². The van der Waals surface area contributed by atoms with E-state index in [4.69, 9.17) is 14.6 Å². The van der Waals surface area contributed by atoms with E-state index in [0.717, 1.165) is 15.6 Å². The first-order chi connectivity index (χ1) is 15.7. The van der Waals surface area contributed by atoms with Gasteiger partial charge in [0, 0.05) is 20.0 Å². The number of methoxy groups -OCH3 is 2. The first-order valence-corrected chi connectivity index (χ1v) is 11.0. The summed E-state index contributed by atoms with van der Waals surface area (Å²) in [5, 5.41) is 14.1. The van der Waals surface area contributed by atoms with E-state index in [-0.39, 0.29) is 18.9 Å². The largest absolute Gasteiger partial charge is 0.496 e. The average molecular weight is 522 g/mol. The van der Waals surface area contributed by atoms with Crippen LogP contribution in [0.3, 0.4) is 0 Å². The molecule has 0 fully saturated rings. The van der Waals surface area contributed by atoms with E-state index in [1.54, 1.807) is 20.3 Å². The number of ether oxygens (including phenoxy) is 2. The summed E-state index contributed by atoms with van der Waals surface area (Å²) in [6, 6.07) is 11.7. The van der Waals surface area contributed by atoms with Gasteiger partial charge in [-0.05, 0) is 45.6 Å². The van der Waals surface area contributed by atoms with Gasteiger partial charge in [-0.3, -0.25) is 9.59 Å². The molecule has 1 unspecified atom stereocenters. The molecule has 1 atom stereocenters. The van der Waals surface area contributed by atoms with E-state index in [9.17, 15) is 14.4 Å². The molecule has 0 aliphatic heterocycles. The smallest absolute Gasteiger partial charge is 0.405 e. The van der Waals surface area contributed by atoms with Crippen LogP contribution in [-0.4, -0.2) is 68.3 Å². The predicted octanol–water partition coefficient (Wildman–Crippen LogP) is 2.46. The zero-order chi connectivity index (χ0) is 24.4. The SMILES string of the molecule is COc1cc(CCNC(=O)CN(C)C(=O)C(Cc2ccccc2)NC(=O)O)c(OC)cc1Br. The maximum absolute atomic E-state index is 12.8. The number of benzene rings is 2. The second-order valence-corrected chi connectivity index (χ2v) is 8.14. The molecule has 0 spiro atoms. The van der Waals surface area contributed by atoms with E-state index < -0.39 is 18.0 Å². The number of carbonyl (C=O) groups is 3. The van der Waals surface area contributed by atoms with Crippen LogP contribution in [0.2, 0.25) is 0 Å². The molecule has 2 rings (SSSR count). The summed E-state index contributed by atoms with van der Waals surface area (Å²) in [7, 11) is 4.59. The quantitative estimate of drug-likeness (QED) is 0.418. The number of nitrogens with one attached hydrogen (secondary N) is 2. The lowest BCUT2D eigenvalue weighted by molar-refractivity contribution is -0.136. The molecular weight excluding hydrogens is 494 g/mol. The molecule has 178 valence electrons. The molecule has 2 aromatic carbocycles. The van der Waals surface area contributed by atoms with Gasteiger partial charge in [0.05, 0.1) is 25.2 Å². The topological polar surface area (TPSA) is 117 Å². The van der Waals surface area contributed by atoms with Crippen molar-refractivity contribution in [2.24, 2.45) is 0 Å². The maximum atomic E-state index is 12.8. The number of likely N-dealkylation sites (N-methyl/N-ethyl adjacent to an activating group) is 1. The van der Waals surface area contributed by atoms with Gasteiger partial charge in [0.15, 0.2) is 0 Å². The Morgan fingerprint density at radius 3 is 2.36 bits per heavy atom. The number of carbonyl (C=O) groups excluding carboxylic acids is 2. The Balaban J connectivity index is 1.93. The van der Waals surface area contributed by atoms with Crippen molar-refractivity contribution in [3.8, 4) is 11.5 Å². The fourth-order valence-electron chi connectivity index (χ4n) is 3.27. The van der Waals surface area contributed by atoms with Crippen molar-refractivity contribution in [2.75, 3.05) is 34.4 Å². The molecule has 10 heteroatoms. The first kappa shape index (κ1) is 26.0. The molecular formula is C23H28BrN3O6. The average Bonchev–Trinajstić information content (AvgIpc) is 2.79. The number of hydrogen-bond acceptors (Lipinski definition) is 5. The van der Waals surface area contributed by atoms with E-state index in [1.807, 2.05) is 36.4 Å². The van der Waals surface area contributed by atoms with Crippen LogP contribution in [0.15, 0.2) is 46.9 Å². The summed E-state index contributed by atoms with van der Waals surface area (Å²) in [6.45, 7) is 0.120. The van der Waals surface area contributed by atoms with Gasteiger partial charge in [-0.1, -0.05) is 30.3 Å². The van der Waals surface area contributed by atoms with Crippen LogP contribution in [0.5, 0.6) is 11.5 Å². The Hall–Kier alpha value is -3.27. The summed E-state index contributed by atoms with van der Waals surface area (Å²) in [5.74, 6) is 0.462. The molecule has 0 aliphatic rings. The minimum atomic E-state index is -1.30. The zero-order valence-corrected chi connectivity index (χ0v) is 20.3. The highest BCUT2D eigenvalue weighted by Gasteiger charge is 2.25. The maximum Gasteiger partial charge on any atom is 0.405 e. The predicted molar refractivity (Wildman–Crippen MR) is 127 cm³/mol. The normalized spacial score (nSPS) is 11.3. The van der Waals surface area contributed by atoms with Crippen LogP contribution < -0.4 is 20.1 Å². The van der Waals surface area contributed by atoms with Crippen LogP contribution in [-0.2, 0) is 22.4 Å². The van der Waals surface area contributed by atoms with Gasteiger partial charge >= 0.3 is 6.09 Å². The van der Waals surface area contributed by atoms with Gasteiger partial charge in [0.1, 0.15) is 17.5 Å². The molecule has 0 saturated heterocycles. The minimum Gasteiger partial charge on any atom is -0.496 e. The van der Waals surface area contributed by atoms with Crippen molar-refractivity contribution in [3.63, 3.8) is 0 Å². The number of amides is 3. The third kappa shape index (κ3) is 7.98. The lowest BCUT2D eigenvalue weighted by Crippen LogP contribution is -2.50. The van der Waals surface area contributed by atoms with Crippen LogP contribution in [0, 0.1) is 0 Å². The molecule has 0 bridgehead atoms. The highest BCUT2D eigenvalue weighted by molar-refractivity contribution is 9.10. The second-order valence-electron chi connectivity index (χ2n) is 7.28. The van der Waals surface area contributed by atoms with Crippen LogP contribution in [0.1, 0.15) is 11.1 Å². The molecule has 3 amide bonds. The monoisotopic (exact) mass is 521 g/mol. The van der Waals surface area contributed by atoms with Gasteiger partial charge in [-0.25, -0.2) is 4.79 Å². The summed E-state index contributed by atoms with van der Waals surface area (Å²) < 4.78 is 11.4. The van der Waals surface area contributed by atoms with Gasteiger partial charge in [0.2, 0.25) is 11.8 Å². The van der Waals surface area contributed by atoms with Crippen LogP contribution in [0.25, 0.3) is 0 Å². The second kappa shape index (κ2) is 12.7. The number of halogens is 1. The van der Waals surface area contributed by atoms with E-state index >= 15 is 0 Å². The molecule has 3 N–H and O–H groups in total. The summed E-state index contributed by atoms with van der Waals surface area (Å²) in [5.41, 5.74) is 1.66. The first-order valence-electron chi connectivity index (χ1n) is 10.2. The van der Waals surface area contributed by atoms with Gasteiger partial charge in [-0.2, -0.15) is 0 Å². The summed E-state index contributed by atoms with van der Waals surface area (Å²) in [6.07, 6.45) is -0.627. The standard InChI is InChI=1S/C23H28BrN3O6/c1-27(22(29)18(26-23(30)31)11-15-7-5-4-6-8-15)14-21(28)25-10-9-16-12-20(33-3)17(24)13-19(16)32-2/h4-8,12-13,18,26H,9-11,14H2,1-3H3,(H,25,28)(H,30,31). The molecule has 2 aromatic rings. The Morgan fingerprint density at radius 1 is 1.09 bits per heavy atom. The van der Waals surface area contributed by atoms with Crippen molar-refractivity contribution < 1.29 is 29.0 Å². The summed E-state index contributed by atoms with van der Waals surface area (Å²) >= 11 is 3.41. The third-order valence-corrected chi connectivity index (χ3v) is 5.53.